The van der Waals surface area contributed by atoms with Gasteiger partial charge in [-0.3, -0.25) is 0 Å². The van der Waals surface area contributed by atoms with Crippen LogP contribution in [0.4, 0.5) is 0 Å². The summed E-state index contributed by atoms with van der Waals surface area (Å²) in [5, 5.41) is 0. The van der Waals surface area contributed by atoms with Gasteiger partial charge >= 0.3 is 6.01 Å². The standard InChI is InChI=1S/C16H21BrN2O6/c1-15(2)20-7-9(23-15)10-11(22-14-18-5-8(17)6-19-14)12-13(21-10)25-16(3,4)24-12/h5-6,9-13H,7H2,1-4H3/t9?,10-,11-,12+,13+/m0/s1. The molecule has 4 heterocycles. The van der Waals surface area contributed by atoms with Crippen LogP contribution in [0.1, 0.15) is 27.7 Å². The Morgan fingerprint density at radius 2 is 1.76 bits per heavy atom. The van der Waals surface area contributed by atoms with Crippen molar-refractivity contribution in [2.24, 2.45) is 0 Å². The Balaban J connectivity index is 1.56. The molecule has 3 saturated heterocycles. The molecule has 0 amide bonds. The highest BCUT2D eigenvalue weighted by molar-refractivity contribution is 9.10. The van der Waals surface area contributed by atoms with E-state index in [9.17, 15) is 0 Å². The zero-order valence-electron chi connectivity index (χ0n) is 14.5. The summed E-state index contributed by atoms with van der Waals surface area (Å²) in [6.07, 6.45) is 1.12. The van der Waals surface area contributed by atoms with Gasteiger partial charge in [-0.1, -0.05) is 0 Å². The van der Waals surface area contributed by atoms with Gasteiger partial charge in [0, 0.05) is 12.4 Å². The van der Waals surface area contributed by atoms with Crippen LogP contribution in [0.5, 0.6) is 6.01 Å². The average molecular weight is 417 g/mol. The van der Waals surface area contributed by atoms with Crippen molar-refractivity contribution >= 4 is 15.9 Å². The lowest BCUT2D eigenvalue weighted by Crippen LogP contribution is -2.46. The van der Waals surface area contributed by atoms with Crippen molar-refractivity contribution < 1.29 is 28.4 Å². The summed E-state index contributed by atoms with van der Waals surface area (Å²) in [6, 6.07) is 0.244. The Bertz CT molecular complexity index is 640. The summed E-state index contributed by atoms with van der Waals surface area (Å²) >= 11 is 3.31. The average Bonchev–Trinajstić information content (AvgIpc) is 3.12. The normalized spacial score (nSPS) is 38.7. The molecule has 0 aromatic carbocycles. The third kappa shape index (κ3) is 3.54. The Kier molecular flexibility index (Phi) is 4.29. The molecule has 0 saturated carbocycles. The maximum atomic E-state index is 6.06. The van der Waals surface area contributed by atoms with Gasteiger partial charge < -0.3 is 28.4 Å². The molecule has 9 heteroatoms. The van der Waals surface area contributed by atoms with Crippen LogP contribution in [0.2, 0.25) is 0 Å². The molecular weight excluding hydrogens is 396 g/mol. The van der Waals surface area contributed by atoms with Crippen molar-refractivity contribution in [2.45, 2.75) is 70.0 Å². The first-order valence-electron chi connectivity index (χ1n) is 8.20. The van der Waals surface area contributed by atoms with Crippen LogP contribution < -0.4 is 4.74 Å². The second kappa shape index (κ2) is 6.11. The third-order valence-corrected chi connectivity index (χ3v) is 4.67. The zero-order chi connectivity index (χ0) is 17.8. The first kappa shape index (κ1) is 17.6. The van der Waals surface area contributed by atoms with Crippen molar-refractivity contribution in [3.05, 3.63) is 16.9 Å². The van der Waals surface area contributed by atoms with Crippen LogP contribution in [-0.2, 0) is 23.7 Å². The van der Waals surface area contributed by atoms with Crippen molar-refractivity contribution in [3.63, 3.8) is 0 Å². The highest BCUT2D eigenvalue weighted by Gasteiger charge is 2.59. The van der Waals surface area contributed by atoms with Gasteiger partial charge in [-0.2, -0.15) is 0 Å². The molecule has 0 spiro atoms. The molecular formula is C16H21BrN2O6. The van der Waals surface area contributed by atoms with Crippen molar-refractivity contribution in [1.29, 1.82) is 0 Å². The second-order valence-corrected chi connectivity index (χ2v) is 8.12. The molecule has 138 valence electrons. The van der Waals surface area contributed by atoms with E-state index in [4.69, 9.17) is 28.4 Å². The molecule has 0 aliphatic carbocycles. The Morgan fingerprint density at radius 1 is 1.04 bits per heavy atom. The minimum Gasteiger partial charge on any atom is -0.454 e. The van der Waals surface area contributed by atoms with Crippen LogP contribution in [0.25, 0.3) is 0 Å². The molecule has 8 nitrogen and oxygen atoms in total. The van der Waals surface area contributed by atoms with Crippen molar-refractivity contribution in [2.75, 3.05) is 6.61 Å². The molecule has 3 aliphatic heterocycles. The monoisotopic (exact) mass is 416 g/mol. The molecule has 1 aromatic heterocycles. The second-order valence-electron chi connectivity index (χ2n) is 7.20. The number of halogens is 1. The maximum absolute atomic E-state index is 6.06. The molecule has 3 aliphatic rings. The Labute approximate surface area is 154 Å². The highest BCUT2D eigenvalue weighted by Crippen LogP contribution is 2.41. The van der Waals surface area contributed by atoms with Gasteiger partial charge in [0.1, 0.15) is 12.2 Å². The fraction of sp³-hybridized carbons (Fsp3) is 0.750. The summed E-state index contributed by atoms with van der Waals surface area (Å²) in [7, 11) is 0. The van der Waals surface area contributed by atoms with E-state index >= 15 is 0 Å². The van der Waals surface area contributed by atoms with Gasteiger partial charge in [-0.15, -0.1) is 0 Å². The number of ether oxygens (including phenoxy) is 6. The molecule has 0 bridgehead atoms. The molecule has 5 atom stereocenters. The number of nitrogens with zero attached hydrogens (tertiary/aromatic N) is 2. The minimum atomic E-state index is -0.741. The number of aromatic nitrogens is 2. The van der Waals surface area contributed by atoms with Crippen LogP contribution in [0, 0.1) is 0 Å². The molecule has 1 unspecified atom stereocenters. The van der Waals surface area contributed by atoms with E-state index in [1.165, 1.54) is 0 Å². The van der Waals surface area contributed by atoms with Crippen LogP contribution in [0.3, 0.4) is 0 Å². The minimum absolute atomic E-state index is 0.244. The highest BCUT2D eigenvalue weighted by atomic mass is 79.9. The topological polar surface area (TPSA) is 81.2 Å². The summed E-state index contributed by atoms with van der Waals surface area (Å²) in [6.45, 7) is 7.82. The smallest absolute Gasteiger partial charge is 0.316 e. The third-order valence-electron chi connectivity index (χ3n) is 4.26. The summed E-state index contributed by atoms with van der Waals surface area (Å²) < 4.78 is 36.3. The van der Waals surface area contributed by atoms with E-state index in [1.807, 2.05) is 27.7 Å². The maximum Gasteiger partial charge on any atom is 0.316 e. The number of hydrogen-bond acceptors (Lipinski definition) is 8. The predicted molar refractivity (Wildman–Crippen MR) is 87.8 cm³/mol. The van der Waals surface area contributed by atoms with Crippen LogP contribution in [0.15, 0.2) is 16.9 Å². The van der Waals surface area contributed by atoms with Gasteiger partial charge in [0.25, 0.3) is 0 Å². The largest absolute Gasteiger partial charge is 0.454 e. The quantitative estimate of drug-likeness (QED) is 0.739. The van der Waals surface area contributed by atoms with E-state index in [0.717, 1.165) is 4.47 Å². The summed E-state index contributed by atoms with van der Waals surface area (Å²) in [4.78, 5) is 8.36. The Morgan fingerprint density at radius 3 is 2.40 bits per heavy atom. The molecule has 0 radical (unpaired) electrons. The van der Waals surface area contributed by atoms with Gasteiger partial charge in [0.15, 0.2) is 30.1 Å². The van der Waals surface area contributed by atoms with Crippen LogP contribution in [-0.4, -0.2) is 58.9 Å². The lowest BCUT2D eigenvalue weighted by Gasteiger charge is -2.28. The Hall–Kier alpha value is -0.840. The van der Waals surface area contributed by atoms with Crippen molar-refractivity contribution in [1.82, 2.24) is 9.97 Å². The van der Waals surface area contributed by atoms with E-state index in [0.29, 0.717) is 6.61 Å². The fourth-order valence-corrected chi connectivity index (χ4v) is 3.50. The molecule has 3 fully saturated rings. The number of rotatable bonds is 3. The fourth-order valence-electron chi connectivity index (χ4n) is 3.30. The molecule has 1 aromatic rings. The molecule has 25 heavy (non-hydrogen) atoms. The van der Waals surface area contributed by atoms with Crippen LogP contribution >= 0.6 is 15.9 Å². The first-order valence-corrected chi connectivity index (χ1v) is 8.99. The van der Waals surface area contributed by atoms with E-state index in [1.54, 1.807) is 12.4 Å². The summed E-state index contributed by atoms with van der Waals surface area (Å²) in [5.41, 5.74) is 0. The van der Waals surface area contributed by atoms with Gasteiger partial charge in [-0.25, -0.2) is 9.97 Å². The first-order chi connectivity index (χ1) is 11.7. The summed E-state index contributed by atoms with van der Waals surface area (Å²) in [5.74, 6) is -1.40. The number of fused-ring (bicyclic) bond motifs is 1. The number of hydrogen-bond donors (Lipinski definition) is 0. The van der Waals surface area contributed by atoms with Gasteiger partial charge in [0.05, 0.1) is 11.1 Å². The zero-order valence-corrected chi connectivity index (χ0v) is 16.1. The molecule has 4 rings (SSSR count). The van der Waals surface area contributed by atoms with Gasteiger partial charge in [-0.05, 0) is 43.6 Å². The van der Waals surface area contributed by atoms with E-state index in [2.05, 4.69) is 25.9 Å². The lowest BCUT2D eigenvalue weighted by atomic mass is 10.1. The molecule has 0 N–H and O–H groups in total. The predicted octanol–water partition coefficient (Wildman–Crippen LogP) is 2.01. The lowest BCUT2D eigenvalue weighted by molar-refractivity contribution is -0.230. The van der Waals surface area contributed by atoms with E-state index in [-0.39, 0.29) is 12.1 Å². The van der Waals surface area contributed by atoms with Gasteiger partial charge in [0.2, 0.25) is 0 Å². The SMILES string of the molecule is CC1(C)OCC([C@@H]2O[C@@H]3OC(C)(C)O[C@@H]3[C@H]2Oc2ncc(Br)cn2)O1. The van der Waals surface area contributed by atoms with Crippen molar-refractivity contribution in [3.8, 4) is 6.01 Å². The van der Waals surface area contributed by atoms with E-state index < -0.39 is 36.2 Å².